The van der Waals surface area contributed by atoms with E-state index in [4.69, 9.17) is 5.21 Å². The Morgan fingerprint density at radius 3 is 2.38 bits per heavy atom. The van der Waals surface area contributed by atoms with E-state index in [1.165, 1.54) is 0 Å². The molecule has 1 heterocycles. The van der Waals surface area contributed by atoms with Gasteiger partial charge in [0.1, 0.15) is 0 Å². The molecule has 0 fully saturated rings. The van der Waals surface area contributed by atoms with Crippen LogP contribution in [-0.2, 0) is 0 Å². The number of hydroxylamine groups is 1. The monoisotopic (exact) mass is 213 g/mol. The Morgan fingerprint density at radius 2 is 1.75 bits per heavy atom. The highest BCUT2D eigenvalue weighted by Gasteiger charge is 2.00. The minimum absolute atomic E-state index is 0.397. The highest BCUT2D eigenvalue weighted by atomic mass is 16.5. The van der Waals surface area contributed by atoms with E-state index in [2.05, 4.69) is 15.5 Å². The number of aliphatic imine (C=N–C) groups is 1. The number of aromatic nitrogens is 1. The van der Waals surface area contributed by atoms with E-state index in [0.29, 0.717) is 5.84 Å². The molecule has 0 aliphatic rings. The van der Waals surface area contributed by atoms with Crippen molar-refractivity contribution in [2.24, 2.45) is 4.99 Å². The van der Waals surface area contributed by atoms with E-state index >= 15 is 0 Å². The first-order valence-corrected chi connectivity index (χ1v) is 4.84. The topological polar surface area (TPSA) is 57.5 Å². The van der Waals surface area contributed by atoms with Gasteiger partial charge in [0.15, 0.2) is 5.84 Å². The zero-order chi connectivity index (χ0) is 11.2. The van der Waals surface area contributed by atoms with E-state index in [-0.39, 0.29) is 0 Å². The molecule has 2 aromatic rings. The minimum Gasteiger partial charge on any atom is -0.290 e. The van der Waals surface area contributed by atoms with Gasteiger partial charge in [-0.1, -0.05) is 18.2 Å². The van der Waals surface area contributed by atoms with Crippen molar-refractivity contribution in [3.8, 4) is 0 Å². The molecule has 0 amide bonds. The Bertz CT molecular complexity index is 468. The quantitative estimate of drug-likeness (QED) is 0.456. The number of para-hydroxylation sites is 1. The van der Waals surface area contributed by atoms with Gasteiger partial charge in [-0.15, -0.1) is 0 Å². The second kappa shape index (κ2) is 5.04. The van der Waals surface area contributed by atoms with Crippen LogP contribution >= 0.6 is 0 Å². The third-order valence-electron chi connectivity index (χ3n) is 2.06. The summed E-state index contributed by atoms with van der Waals surface area (Å²) in [5, 5.41) is 9.04. The lowest BCUT2D eigenvalue weighted by atomic mass is 10.2. The molecule has 1 aromatic heterocycles. The van der Waals surface area contributed by atoms with Crippen LogP contribution in [0.5, 0.6) is 0 Å². The minimum atomic E-state index is 0.397. The van der Waals surface area contributed by atoms with Crippen molar-refractivity contribution in [3.05, 3.63) is 60.4 Å². The molecule has 80 valence electrons. The standard InChI is InChI=1S/C12H11N3O/c16-15-12(10-6-8-13-9-7-10)14-11-4-2-1-3-5-11/h1-9,16H,(H,14,15). The molecule has 0 atom stereocenters. The van der Waals surface area contributed by atoms with E-state index in [0.717, 1.165) is 11.3 Å². The SMILES string of the molecule is ONC(=Nc1ccccc1)c1ccncc1. The largest absolute Gasteiger partial charge is 0.290 e. The summed E-state index contributed by atoms with van der Waals surface area (Å²) in [5.41, 5.74) is 3.64. The molecule has 4 heteroatoms. The summed E-state index contributed by atoms with van der Waals surface area (Å²) in [6.07, 6.45) is 3.29. The molecular weight excluding hydrogens is 202 g/mol. The molecule has 0 radical (unpaired) electrons. The molecular formula is C12H11N3O. The van der Waals surface area contributed by atoms with Gasteiger partial charge in [0.05, 0.1) is 5.69 Å². The van der Waals surface area contributed by atoms with Crippen molar-refractivity contribution in [1.82, 2.24) is 10.5 Å². The fourth-order valence-corrected chi connectivity index (χ4v) is 1.30. The predicted octanol–water partition coefficient (Wildman–Crippen LogP) is 2.14. The second-order valence-corrected chi connectivity index (χ2v) is 3.14. The zero-order valence-corrected chi connectivity index (χ0v) is 8.54. The van der Waals surface area contributed by atoms with Crippen LogP contribution in [0.15, 0.2) is 59.9 Å². The van der Waals surface area contributed by atoms with Crippen LogP contribution in [0.3, 0.4) is 0 Å². The zero-order valence-electron chi connectivity index (χ0n) is 8.54. The van der Waals surface area contributed by atoms with Crippen molar-refractivity contribution in [2.75, 3.05) is 0 Å². The normalized spacial score (nSPS) is 11.2. The van der Waals surface area contributed by atoms with Crippen molar-refractivity contribution >= 4 is 11.5 Å². The molecule has 1 aromatic carbocycles. The van der Waals surface area contributed by atoms with Crippen molar-refractivity contribution in [3.63, 3.8) is 0 Å². The van der Waals surface area contributed by atoms with Gasteiger partial charge in [-0.3, -0.25) is 15.7 Å². The number of hydrogen-bond donors (Lipinski definition) is 2. The summed E-state index contributed by atoms with van der Waals surface area (Å²) >= 11 is 0. The molecule has 2 rings (SSSR count). The summed E-state index contributed by atoms with van der Waals surface area (Å²) in [5.74, 6) is 0.397. The van der Waals surface area contributed by atoms with Crippen molar-refractivity contribution < 1.29 is 5.21 Å². The van der Waals surface area contributed by atoms with Crippen LogP contribution < -0.4 is 5.48 Å². The highest BCUT2D eigenvalue weighted by molar-refractivity contribution is 5.99. The average Bonchev–Trinajstić information content (AvgIpc) is 2.38. The predicted molar refractivity (Wildman–Crippen MR) is 61.8 cm³/mol. The Kier molecular flexibility index (Phi) is 3.25. The Labute approximate surface area is 93.3 Å². The lowest BCUT2D eigenvalue weighted by molar-refractivity contribution is 0.235. The number of rotatable bonds is 2. The van der Waals surface area contributed by atoms with Crippen LogP contribution in [0.25, 0.3) is 0 Å². The molecule has 0 saturated heterocycles. The summed E-state index contributed by atoms with van der Waals surface area (Å²) < 4.78 is 0. The number of amidine groups is 1. The number of nitrogens with zero attached hydrogens (tertiary/aromatic N) is 2. The van der Waals surface area contributed by atoms with Gasteiger partial charge in [0, 0.05) is 18.0 Å². The van der Waals surface area contributed by atoms with E-state index in [9.17, 15) is 0 Å². The molecule has 0 unspecified atom stereocenters. The summed E-state index contributed by atoms with van der Waals surface area (Å²) in [6, 6.07) is 12.9. The molecule has 0 bridgehead atoms. The first kappa shape index (κ1) is 10.3. The molecule has 0 spiro atoms. The molecule has 0 aliphatic carbocycles. The summed E-state index contributed by atoms with van der Waals surface area (Å²) in [7, 11) is 0. The van der Waals surface area contributed by atoms with Gasteiger partial charge < -0.3 is 0 Å². The van der Waals surface area contributed by atoms with Gasteiger partial charge >= 0.3 is 0 Å². The average molecular weight is 213 g/mol. The van der Waals surface area contributed by atoms with E-state index in [1.54, 1.807) is 24.5 Å². The fraction of sp³-hybridized carbons (Fsp3) is 0. The molecule has 2 N–H and O–H groups in total. The smallest absolute Gasteiger partial charge is 0.157 e. The molecule has 4 nitrogen and oxygen atoms in total. The van der Waals surface area contributed by atoms with Crippen LogP contribution in [0.2, 0.25) is 0 Å². The summed E-state index contributed by atoms with van der Waals surface area (Å²) in [6.45, 7) is 0. The van der Waals surface area contributed by atoms with Crippen LogP contribution in [0, 0.1) is 0 Å². The van der Waals surface area contributed by atoms with Gasteiger partial charge in [-0.2, -0.15) is 0 Å². The van der Waals surface area contributed by atoms with Crippen LogP contribution in [-0.4, -0.2) is 16.0 Å². The van der Waals surface area contributed by atoms with Crippen LogP contribution in [0.1, 0.15) is 5.56 Å². The van der Waals surface area contributed by atoms with E-state index < -0.39 is 0 Å². The van der Waals surface area contributed by atoms with Crippen molar-refractivity contribution in [1.29, 1.82) is 0 Å². The molecule has 0 saturated carbocycles. The third-order valence-corrected chi connectivity index (χ3v) is 2.06. The molecule has 0 aliphatic heterocycles. The maximum absolute atomic E-state index is 9.04. The second-order valence-electron chi connectivity index (χ2n) is 3.14. The van der Waals surface area contributed by atoms with Crippen LogP contribution in [0.4, 0.5) is 5.69 Å². The highest BCUT2D eigenvalue weighted by Crippen LogP contribution is 2.11. The first-order chi connectivity index (χ1) is 7.90. The lowest BCUT2D eigenvalue weighted by Crippen LogP contribution is -2.19. The van der Waals surface area contributed by atoms with Gasteiger partial charge in [0.2, 0.25) is 0 Å². The number of benzene rings is 1. The number of hydrogen-bond acceptors (Lipinski definition) is 3. The maximum atomic E-state index is 9.04. The Morgan fingerprint density at radius 1 is 1.06 bits per heavy atom. The summed E-state index contributed by atoms with van der Waals surface area (Å²) in [4.78, 5) is 8.18. The Balaban J connectivity index is 2.34. The number of nitrogens with one attached hydrogen (secondary N) is 1. The maximum Gasteiger partial charge on any atom is 0.157 e. The van der Waals surface area contributed by atoms with Gasteiger partial charge in [-0.05, 0) is 24.3 Å². The fourth-order valence-electron chi connectivity index (χ4n) is 1.30. The Hall–Kier alpha value is -2.20. The number of pyridine rings is 1. The molecule has 16 heavy (non-hydrogen) atoms. The van der Waals surface area contributed by atoms with E-state index in [1.807, 2.05) is 30.3 Å². The van der Waals surface area contributed by atoms with Gasteiger partial charge in [0.25, 0.3) is 0 Å². The van der Waals surface area contributed by atoms with Gasteiger partial charge in [-0.25, -0.2) is 4.99 Å². The lowest BCUT2D eigenvalue weighted by Gasteiger charge is -2.04. The third kappa shape index (κ3) is 2.43. The van der Waals surface area contributed by atoms with Crippen molar-refractivity contribution in [2.45, 2.75) is 0 Å². The first-order valence-electron chi connectivity index (χ1n) is 4.84.